The minimum Gasteiger partial charge on any atom is -0.390 e. The monoisotopic (exact) mass is 277 g/mol. The molecule has 1 rings (SSSR count). The highest BCUT2D eigenvalue weighted by Gasteiger charge is 2.25. The molecule has 102 valence electrons. The third-order valence-corrected chi connectivity index (χ3v) is 3.45. The summed E-state index contributed by atoms with van der Waals surface area (Å²) in [5, 5.41) is 22.3. The molecule has 0 heterocycles. The fourth-order valence-electron chi connectivity index (χ4n) is 1.60. The molecular formula is C11H16FNO4S. The van der Waals surface area contributed by atoms with Crippen LogP contribution < -0.4 is 5.32 Å². The minimum absolute atomic E-state index is 0.136. The van der Waals surface area contributed by atoms with Gasteiger partial charge >= 0.3 is 10.2 Å². The summed E-state index contributed by atoms with van der Waals surface area (Å²) < 4.78 is 34.9. The summed E-state index contributed by atoms with van der Waals surface area (Å²) in [5.74, 6) is 0. The summed E-state index contributed by atoms with van der Waals surface area (Å²) in [6.45, 7) is 0.447. The number of nitrogens with one attached hydrogen (secondary N) is 1. The molecule has 0 aliphatic carbocycles. The number of aliphatic hydroxyl groups excluding tert-OH is 2. The number of benzene rings is 1. The van der Waals surface area contributed by atoms with E-state index in [0.29, 0.717) is 6.54 Å². The van der Waals surface area contributed by atoms with Crippen LogP contribution in [-0.4, -0.2) is 38.3 Å². The fourth-order valence-corrected chi connectivity index (χ4v) is 2.32. The van der Waals surface area contributed by atoms with Crippen LogP contribution in [0.5, 0.6) is 0 Å². The van der Waals surface area contributed by atoms with Crippen molar-refractivity contribution in [3.63, 3.8) is 0 Å². The van der Waals surface area contributed by atoms with Gasteiger partial charge < -0.3 is 15.5 Å². The third-order valence-electron chi connectivity index (χ3n) is 2.55. The van der Waals surface area contributed by atoms with Crippen molar-refractivity contribution in [3.8, 4) is 0 Å². The van der Waals surface area contributed by atoms with E-state index in [1.165, 1.54) is 18.2 Å². The number of aliphatic hydroxyl groups is 2. The first-order valence-corrected chi connectivity index (χ1v) is 6.80. The van der Waals surface area contributed by atoms with Gasteiger partial charge in [0.25, 0.3) is 0 Å². The van der Waals surface area contributed by atoms with Crippen molar-refractivity contribution in [3.05, 3.63) is 29.8 Å². The van der Waals surface area contributed by atoms with Gasteiger partial charge in [-0.15, -0.1) is 3.89 Å². The molecular weight excluding hydrogens is 261 g/mol. The number of hydrogen-bond donors (Lipinski definition) is 3. The van der Waals surface area contributed by atoms with E-state index >= 15 is 0 Å². The van der Waals surface area contributed by atoms with E-state index in [9.17, 15) is 22.5 Å². The molecule has 0 aliphatic rings. The average Bonchev–Trinajstić information content (AvgIpc) is 2.34. The maximum Gasteiger partial charge on any atom is 0.332 e. The lowest BCUT2D eigenvalue weighted by Gasteiger charge is -2.19. The fraction of sp³-hybridized carbons (Fsp3) is 0.455. The molecule has 0 amide bonds. The number of rotatable bonds is 6. The van der Waals surface area contributed by atoms with Crippen molar-refractivity contribution < 1.29 is 22.5 Å². The van der Waals surface area contributed by atoms with E-state index < -0.39 is 27.3 Å². The molecule has 1 aromatic carbocycles. The Labute approximate surface area is 105 Å². The van der Waals surface area contributed by atoms with E-state index in [1.807, 2.05) is 0 Å². The van der Waals surface area contributed by atoms with Crippen molar-refractivity contribution >= 4 is 10.2 Å². The first-order chi connectivity index (χ1) is 8.38. The van der Waals surface area contributed by atoms with Crippen LogP contribution >= 0.6 is 0 Å². The van der Waals surface area contributed by atoms with Gasteiger partial charge in [-0.05, 0) is 26.1 Å². The van der Waals surface area contributed by atoms with Gasteiger partial charge in [0.05, 0.1) is 6.10 Å². The molecule has 0 aliphatic heterocycles. The zero-order valence-corrected chi connectivity index (χ0v) is 10.7. The lowest BCUT2D eigenvalue weighted by molar-refractivity contribution is 0.0124. The van der Waals surface area contributed by atoms with E-state index in [2.05, 4.69) is 5.32 Å². The highest BCUT2D eigenvalue weighted by atomic mass is 32.3. The Morgan fingerprint density at radius 2 is 1.94 bits per heavy atom. The molecule has 0 fully saturated rings. The summed E-state index contributed by atoms with van der Waals surface area (Å²) in [4.78, 5) is -0.610. The van der Waals surface area contributed by atoms with Crippen LogP contribution in [0.1, 0.15) is 18.1 Å². The van der Waals surface area contributed by atoms with Crippen molar-refractivity contribution in [2.24, 2.45) is 0 Å². The highest BCUT2D eigenvalue weighted by Crippen LogP contribution is 2.26. The third kappa shape index (κ3) is 3.74. The van der Waals surface area contributed by atoms with Crippen LogP contribution in [0.15, 0.2) is 29.2 Å². The van der Waals surface area contributed by atoms with Gasteiger partial charge in [-0.25, -0.2) is 0 Å². The van der Waals surface area contributed by atoms with Crippen LogP contribution in [-0.2, 0) is 10.2 Å². The predicted molar refractivity (Wildman–Crippen MR) is 64.2 cm³/mol. The average molecular weight is 277 g/mol. The van der Waals surface area contributed by atoms with Gasteiger partial charge in [0.1, 0.15) is 11.0 Å². The molecule has 0 bridgehead atoms. The molecule has 0 saturated heterocycles. The van der Waals surface area contributed by atoms with Gasteiger partial charge in [0, 0.05) is 5.56 Å². The normalized spacial score (nSPS) is 15.3. The quantitative estimate of drug-likeness (QED) is 0.653. The lowest BCUT2D eigenvalue weighted by Crippen LogP contribution is -2.24. The summed E-state index contributed by atoms with van der Waals surface area (Å²) >= 11 is 0. The second-order valence-corrected chi connectivity index (χ2v) is 5.20. The summed E-state index contributed by atoms with van der Waals surface area (Å²) in [7, 11) is -3.24. The maximum atomic E-state index is 13.0. The standard InChI is InChI=1S/C11H16FNO4S/c1-13-7-6-9(14)11(15)8-4-2-3-5-10(8)18(12,16)17/h2-5,9,11,13-15H,6-7H2,1H3. The Bertz CT molecular complexity index is 492. The Morgan fingerprint density at radius 1 is 1.33 bits per heavy atom. The van der Waals surface area contributed by atoms with Crippen LogP contribution in [0.2, 0.25) is 0 Å². The van der Waals surface area contributed by atoms with Crippen molar-refractivity contribution in [2.75, 3.05) is 13.6 Å². The van der Waals surface area contributed by atoms with Gasteiger partial charge in [-0.3, -0.25) is 0 Å². The van der Waals surface area contributed by atoms with E-state index in [4.69, 9.17) is 0 Å². The second-order valence-electron chi connectivity index (χ2n) is 3.88. The van der Waals surface area contributed by atoms with E-state index in [0.717, 1.165) is 6.07 Å². The number of hydrogen-bond acceptors (Lipinski definition) is 5. The predicted octanol–water partition coefficient (Wildman–Crippen LogP) is 0.349. The van der Waals surface area contributed by atoms with E-state index in [1.54, 1.807) is 7.05 Å². The van der Waals surface area contributed by atoms with Gasteiger partial charge in [-0.2, -0.15) is 8.42 Å². The minimum atomic E-state index is -4.92. The van der Waals surface area contributed by atoms with Crippen LogP contribution in [0.4, 0.5) is 3.89 Å². The smallest absolute Gasteiger partial charge is 0.332 e. The van der Waals surface area contributed by atoms with Crippen LogP contribution in [0, 0.1) is 0 Å². The largest absolute Gasteiger partial charge is 0.390 e. The molecule has 7 heteroatoms. The molecule has 0 radical (unpaired) electrons. The molecule has 0 aromatic heterocycles. The number of halogens is 1. The molecule has 0 saturated carbocycles. The zero-order valence-electron chi connectivity index (χ0n) is 9.88. The Hall–Kier alpha value is -1.02. The van der Waals surface area contributed by atoms with Gasteiger partial charge in [0.2, 0.25) is 0 Å². The summed E-state index contributed by atoms with van der Waals surface area (Å²) in [6, 6.07) is 5.15. The first-order valence-electron chi connectivity index (χ1n) is 5.42. The lowest BCUT2D eigenvalue weighted by atomic mass is 10.0. The molecule has 3 N–H and O–H groups in total. The molecule has 0 spiro atoms. The van der Waals surface area contributed by atoms with E-state index in [-0.39, 0.29) is 12.0 Å². The Kier molecular flexibility index (Phi) is 5.21. The molecule has 2 unspecified atom stereocenters. The molecule has 18 heavy (non-hydrogen) atoms. The van der Waals surface area contributed by atoms with Crippen LogP contribution in [0.3, 0.4) is 0 Å². The van der Waals surface area contributed by atoms with Gasteiger partial charge in [0.15, 0.2) is 0 Å². The topological polar surface area (TPSA) is 86.6 Å². The zero-order chi connectivity index (χ0) is 13.8. The molecule has 1 aromatic rings. The van der Waals surface area contributed by atoms with Gasteiger partial charge in [-0.1, -0.05) is 18.2 Å². The Morgan fingerprint density at radius 3 is 2.50 bits per heavy atom. The summed E-state index contributed by atoms with van der Waals surface area (Å²) in [6.07, 6.45) is -2.39. The summed E-state index contributed by atoms with van der Waals surface area (Å²) in [5.41, 5.74) is -0.136. The first kappa shape index (κ1) is 15.0. The maximum absolute atomic E-state index is 13.0. The SMILES string of the molecule is CNCCC(O)C(O)c1ccccc1S(=O)(=O)F. The molecule has 5 nitrogen and oxygen atoms in total. The van der Waals surface area contributed by atoms with Crippen molar-refractivity contribution in [1.29, 1.82) is 0 Å². The second kappa shape index (κ2) is 6.24. The molecule has 2 atom stereocenters. The van der Waals surface area contributed by atoms with Crippen molar-refractivity contribution in [1.82, 2.24) is 5.32 Å². The highest BCUT2D eigenvalue weighted by molar-refractivity contribution is 7.86. The Balaban J connectivity index is 3.02. The van der Waals surface area contributed by atoms with Crippen LogP contribution in [0.25, 0.3) is 0 Å². The van der Waals surface area contributed by atoms with Crippen molar-refractivity contribution in [2.45, 2.75) is 23.5 Å².